The van der Waals surface area contributed by atoms with E-state index >= 15 is 0 Å². The average Bonchev–Trinajstić information content (AvgIpc) is 1.95. The molecule has 64 valence electrons. The summed E-state index contributed by atoms with van der Waals surface area (Å²) in [5, 5.41) is 9.74. The minimum absolute atomic E-state index is 0.601. The summed E-state index contributed by atoms with van der Waals surface area (Å²) >= 11 is 0. The van der Waals surface area contributed by atoms with E-state index in [4.69, 9.17) is 5.73 Å². The maximum absolute atomic E-state index is 10.6. The van der Waals surface area contributed by atoms with Gasteiger partial charge in [-0.1, -0.05) is 12.8 Å². The molecule has 0 radical (unpaired) electrons. The highest BCUT2D eigenvalue weighted by molar-refractivity contribution is 5.66. The molecule has 0 aromatic heterocycles. The second kappa shape index (κ2) is 2.57. The van der Waals surface area contributed by atoms with Gasteiger partial charge in [-0.2, -0.15) is 0 Å². The van der Waals surface area contributed by atoms with Crippen molar-refractivity contribution in [1.29, 1.82) is 0 Å². The molecule has 1 fully saturated rings. The Morgan fingerprint density at radius 3 is 2.36 bits per heavy atom. The highest BCUT2D eigenvalue weighted by Gasteiger charge is 2.45. The van der Waals surface area contributed by atoms with Gasteiger partial charge in [-0.3, -0.25) is 0 Å². The van der Waals surface area contributed by atoms with E-state index in [1.165, 1.54) is 0 Å². The summed E-state index contributed by atoms with van der Waals surface area (Å²) in [5.41, 5.74) is 3.70. The molecule has 0 saturated heterocycles. The van der Waals surface area contributed by atoms with E-state index < -0.39 is 11.1 Å². The van der Waals surface area contributed by atoms with Gasteiger partial charge in [0, 0.05) is 0 Å². The molecule has 0 spiro atoms. The number of rotatable bonds is 1. The molecule has 3 N–H and O–H groups in total. The molecule has 1 saturated carbocycles. The van der Waals surface area contributed by atoms with Gasteiger partial charge < -0.3 is 15.6 Å². The molecule has 0 heterocycles. The minimum Gasteiger partial charge on any atom is -0.388 e. The van der Waals surface area contributed by atoms with Crippen LogP contribution in [-0.4, -0.2) is 22.5 Å². The van der Waals surface area contributed by atoms with Crippen LogP contribution in [-0.2, 0) is 4.79 Å². The Morgan fingerprint density at radius 1 is 1.45 bits per heavy atom. The van der Waals surface area contributed by atoms with Gasteiger partial charge in [0.15, 0.2) is 0 Å². The summed E-state index contributed by atoms with van der Waals surface area (Å²) in [7, 11) is 0. The molecule has 1 rings (SSSR count). The van der Waals surface area contributed by atoms with Crippen LogP contribution >= 0.6 is 0 Å². The maximum atomic E-state index is 10.6. The Labute approximate surface area is 66.6 Å². The van der Waals surface area contributed by atoms with E-state index in [0.29, 0.717) is 19.1 Å². The fourth-order valence-corrected chi connectivity index (χ4v) is 1.57. The van der Waals surface area contributed by atoms with E-state index in [2.05, 4.69) is 0 Å². The molecule has 0 unspecified atom stereocenters. The molecule has 1 aliphatic carbocycles. The van der Waals surface area contributed by atoms with E-state index in [0.717, 1.165) is 12.8 Å². The SMILES string of the molecule is C[C@@]1(O)CCCC[C@@]1(N)C=O. The van der Waals surface area contributed by atoms with Crippen LogP contribution in [0.5, 0.6) is 0 Å². The van der Waals surface area contributed by atoms with Crippen molar-refractivity contribution >= 4 is 6.29 Å². The lowest BCUT2D eigenvalue weighted by molar-refractivity contribution is -0.125. The molecule has 11 heavy (non-hydrogen) atoms. The lowest BCUT2D eigenvalue weighted by atomic mass is 9.72. The Balaban J connectivity index is 2.82. The average molecular weight is 157 g/mol. The number of hydrogen-bond donors (Lipinski definition) is 2. The maximum Gasteiger partial charge on any atom is 0.142 e. The van der Waals surface area contributed by atoms with Gasteiger partial charge in [0.1, 0.15) is 11.8 Å². The summed E-state index contributed by atoms with van der Waals surface area (Å²) in [6, 6.07) is 0. The summed E-state index contributed by atoms with van der Waals surface area (Å²) in [4.78, 5) is 10.6. The summed E-state index contributed by atoms with van der Waals surface area (Å²) < 4.78 is 0. The van der Waals surface area contributed by atoms with Crippen LogP contribution in [0.4, 0.5) is 0 Å². The molecular weight excluding hydrogens is 142 g/mol. The molecule has 3 nitrogen and oxygen atoms in total. The van der Waals surface area contributed by atoms with E-state index in [-0.39, 0.29) is 0 Å². The summed E-state index contributed by atoms with van der Waals surface area (Å²) in [6.45, 7) is 1.64. The van der Waals surface area contributed by atoms with E-state index in [1.807, 2.05) is 0 Å². The molecule has 0 aromatic rings. The van der Waals surface area contributed by atoms with Crippen molar-refractivity contribution in [3.8, 4) is 0 Å². The molecular formula is C8H15NO2. The van der Waals surface area contributed by atoms with Gasteiger partial charge >= 0.3 is 0 Å². The van der Waals surface area contributed by atoms with Crippen LogP contribution in [0.25, 0.3) is 0 Å². The topological polar surface area (TPSA) is 63.3 Å². The normalized spacial score (nSPS) is 45.4. The van der Waals surface area contributed by atoms with Gasteiger partial charge in [-0.05, 0) is 19.8 Å². The Hall–Kier alpha value is -0.410. The van der Waals surface area contributed by atoms with Crippen molar-refractivity contribution in [3.63, 3.8) is 0 Å². The summed E-state index contributed by atoms with van der Waals surface area (Å²) in [5.74, 6) is 0. The van der Waals surface area contributed by atoms with Crippen molar-refractivity contribution in [2.24, 2.45) is 5.73 Å². The van der Waals surface area contributed by atoms with Gasteiger partial charge in [-0.25, -0.2) is 0 Å². The van der Waals surface area contributed by atoms with Crippen LogP contribution in [0.2, 0.25) is 0 Å². The molecule has 0 amide bonds. The second-order valence-electron chi connectivity index (χ2n) is 3.64. The first kappa shape index (κ1) is 8.68. The molecule has 1 aliphatic rings. The van der Waals surface area contributed by atoms with E-state index in [1.54, 1.807) is 6.92 Å². The molecule has 3 heteroatoms. The van der Waals surface area contributed by atoms with Crippen LogP contribution < -0.4 is 5.73 Å². The zero-order chi connectivity index (χ0) is 8.54. The predicted molar refractivity (Wildman–Crippen MR) is 42.1 cm³/mol. The van der Waals surface area contributed by atoms with Crippen molar-refractivity contribution in [2.45, 2.75) is 43.7 Å². The quantitative estimate of drug-likeness (QED) is 0.535. The van der Waals surface area contributed by atoms with Crippen molar-refractivity contribution < 1.29 is 9.90 Å². The Morgan fingerprint density at radius 2 is 2.00 bits per heavy atom. The van der Waals surface area contributed by atoms with Crippen LogP contribution in [0.15, 0.2) is 0 Å². The number of nitrogens with two attached hydrogens (primary N) is 1. The second-order valence-corrected chi connectivity index (χ2v) is 3.64. The highest BCUT2D eigenvalue weighted by Crippen LogP contribution is 2.33. The molecule has 0 aromatic carbocycles. The fraction of sp³-hybridized carbons (Fsp3) is 0.875. The largest absolute Gasteiger partial charge is 0.388 e. The lowest BCUT2D eigenvalue weighted by Gasteiger charge is -2.42. The first-order valence-corrected chi connectivity index (χ1v) is 3.99. The molecule has 0 aliphatic heterocycles. The molecule has 0 bridgehead atoms. The number of carbonyl (C=O) groups excluding carboxylic acids is 1. The first-order valence-electron chi connectivity index (χ1n) is 3.99. The smallest absolute Gasteiger partial charge is 0.142 e. The van der Waals surface area contributed by atoms with Gasteiger partial charge in [-0.15, -0.1) is 0 Å². The lowest BCUT2D eigenvalue weighted by Crippen LogP contribution is -2.61. The zero-order valence-electron chi connectivity index (χ0n) is 6.84. The third-order valence-electron chi connectivity index (χ3n) is 2.72. The van der Waals surface area contributed by atoms with Gasteiger partial charge in [0.25, 0.3) is 0 Å². The van der Waals surface area contributed by atoms with E-state index in [9.17, 15) is 9.90 Å². The van der Waals surface area contributed by atoms with Crippen LogP contribution in [0.3, 0.4) is 0 Å². The van der Waals surface area contributed by atoms with Gasteiger partial charge in [0.05, 0.1) is 5.60 Å². The van der Waals surface area contributed by atoms with Crippen LogP contribution in [0.1, 0.15) is 32.6 Å². The molecule has 2 atom stereocenters. The fourth-order valence-electron chi connectivity index (χ4n) is 1.57. The first-order chi connectivity index (χ1) is 5.02. The standard InChI is InChI=1S/C8H15NO2/c1-7(11)4-2-3-5-8(7,9)6-10/h6,11H,2-5,9H2,1H3/t7-,8-/m1/s1. The van der Waals surface area contributed by atoms with Crippen molar-refractivity contribution in [2.75, 3.05) is 0 Å². The number of carbonyl (C=O) groups is 1. The number of aliphatic hydroxyl groups is 1. The highest BCUT2D eigenvalue weighted by atomic mass is 16.3. The third-order valence-corrected chi connectivity index (χ3v) is 2.72. The monoisotopic (exact) mass is 157 g/mol. The van der Waals surface area contributed by atoms with Crippen molar-refractivity contribution in [1.82, 2.24) is 0 Å². The minimum atomic E-state index is -1.01. The Kier molecular flexibility index (Phi) is 2.03. The predicted octanol–water partition coefficient (Wildman–Crippen LogP) is 0.208. The zero-order valence-corrected chi connectivity index (χ0v) is 6.84. The number of aldehydes is 1. The number of hydrogen-bond acceptors (Lipinski definition) is 3. The Bertz CT molecular complexity index is 167. The third kappa shape index (κ3) is 1.30. The van der Waals surface area contributed by atoms with Crippen LogP contribution in [0, 0.1) is 0 Å². The van der Waals surface area contributed by atoms with Crippen molar-refractivity contribution in [3.05, 3.63) is 0 Å². The summed E-state index contributed by atoms with van der Waals surface area (Å²) in [6.07, 6.45) is 3.81. The van der Waals surface area contributed by atoms with Gasteiger partial charge in [0.2, 0.25) is 0 Å².